The third-order valence-corrected chi connectivity index (χ3v) is 4.83. The molecule has 2 aliphatic rings. The van der Waals surface area contributed by atoms with E-state index in [1.165, 1.54) is 12.7 Å². The zero-order valence-corrected chi connectivity index (χ0v) is 14.8. The molecule has 0 saturated carbocycles. The van der Waals surface area contributed by atoms with Gasteiger partial charge in [0.05, 0.1) is 18.3 Å². The van der Waals surface area contributed by atoms with E-state index in [0.29, 0.717) is 23.9 Å². The van der Waals surface area contributed by atoms with Crippen molar-refractivity contribution in [2.24, 2.45) is 5.92 Å². The molecule has 0 bridgehead atoms. The van der Waals surface area contributed by atoms with Crippen LogP contribution in [0.15, 0.2) is 34.1 Å². The molecule has 130 valence electrons. The van der Waals surface area contributed by atoms with Gasteiger partial charge in [-0.1, -0.05) is 31.4 Å². The fraction of sp³-hybridized carbons (Fsp3) is 0.550. The summed E-state index contributed by atoms with van der Waals surface area (Å²) in [5, 5.41) is 0. The van der Waals surface area contributed by atoms with Crippen LogP contribution in [0.5, 0.6) is 0 Å². The second kappa shape index (κ2) is 8.22. The number of aldehydes is 1. The van der Waals surface area contributed by atoms with E-state index in [-0.39, 0.29) is 28.8 Å². The first-order valence-corrected chi connectivity index (χ1v) is 8.78. The number of allylic oxidation sites excluding steroid dienone is 5. The summed E-state index contributed by atoms with van der Waals surface area (Å²) >= 11 is 0. The highest BCUT2D eigenvalue weighted by Gasteiger charge is 2.38. The molecule has 0 fully saturated rings. The molecule has 0 aromatic carbocycles. The van der Waals surface area contributed by atoms with E-state index in [1.54, 1.807) is 0 Å². The Morgan fingerprint density at radius 2 is 2.00 bits per heavy atom. The minimum absolute atomic E-state index is 0.0310. The van der Waals surface area contributed by atoms with Crippen molar-refractivity contribution in [1.29, 1.82) is 0 Å². The third-order valence-electron chi connectivity index (χ3n) is 4.83. The van der Waals surface area contributed by atoms with E-state index >= 15 is 0 Å². The second-order valence-corrected chi connectivity index (χ2v) is 6.58. The average molecular weight is 330 g/mol. The van der Waals surface area contributed by atoms with E-state index in [2.05, 4.69) is 6.92 Å². The predicted octanol–water partition coefficient (Wildman–Crippen LogP) is 3.86. The SMILES string of the molecule is CCCCCC1=C(C=O)C(=O)C([C@@H]2C=C(C)CCC2)=C(OC)C1=O. The van der Waals surface area contributed by atoms with E-state index in [1.807, 2.05) is 13.0 Å². The van der Waals surface area contributed by atoms with Crippen LogP contribution in [0.4, 0.5) is 0 Å². The van der Waals surface area contributed by atoms with Crippen molar-refractivity contribution in [2.75, 3.05) is 7.11 Å². The van der Waals surface area contributed by atoms with Gasteiger partial charge in [-0.3, -0.25) is 14.4 Å². The van der Waals surface area contributed by atoms with Crippen molar-refractivity contribution in [1.82, 2.24) is 0 Å². The maximum Gasteiger partial charge on any atom is 0.224 e. The number of hydrogen-bond acceptors (Lipinski definition) is 4. The Kier molecular flexibility index (Phi) is 6.29. The van der Waals surface area contributed by atoms with Crippen LogP contribution in [0.3, 0.4) is 0 Å². The lowest BCUT2D eigenvalue weighted by Gasteiger charge is -2.27. The van der Waals surface area contributed by atoms with Gasteiger partial charge in [-0.05, 0) is 39.0 Å². The molecular weight excluding hydrogens is 304 g/mol. The van der Waals surface area contributed by atoms with Gasteiger partial charge in [-0.15, -0.1) is 0 Å². The van der Waals surface area contributed by atoms with Gasteiger partial charge >= 0.3 is 0 Å². The maximum absolute atomic E-state index is 12.9. The molecule has 0 heterocycles. The molecule has 2 aliphatic carbocycles. The number of carbonyl (C=O) groups excluding carboxylic acids is 3. The summed E-state index contributed by atoms with van der Waals surface area (Å²) < 4.78 is 5.33. The van der Waals surface area contributed by atoms with Gasteiger partial charge in [-0.2, -0.15) is 0 Å². The molecule has 0 saturated heterocycles. The Morgan fingerprint density at radius 3 is 2.58 bits per heavy atom. The average Bonchev–Trinajstić information content (AvgIpc) is 2.57. The van der Waals surface area contributed by atoms with Gasteiger partial charge in [0.2, 0.25) is 5.78 Å². The molecule has 0 amide bonds. The summed E-state index contributed by atoms with van der Waals surface area (Å²) in [4.78, 5) is 37.3. The predicted molar refractivity (Wildman–Crippen MR) is 92.4 cm³/mol. The second-order valence-electron chi connectivity index (χ2n) is 6.58. The number of unbranched alkanes of at least 4 members (excludes halogenated alkanes) is 2. The number of carbonyl (C=O) groups is 3. The van der Waals surface area contributed by atoms with Crippen LogP contribution in [0, 0.1) is 5.92 Å². The number of Topliss-reactive ketones (excluding diaryl/α,β-unsaturated/α-hetero) is 2. The molecule has 0 N–H and O–H groups in total. The summed E-state index contributed by atoms with van der Waals surface area (Å²) in [6, 6.07) is 0. The number of ketones is 2. The van der Waals surface area contributed by atoms with Gasteiger partial charge in [0.15, 0.2) is 17.8 Å². The maximum atomic E-state index is 12.9. The van der Waals surface area contributed by atoms with Crippen molar-refractivity contribution in [3.63, 3.8) is 0 Å². The smallest absolute Gasteiger partial charge is 0.224 e. The van der Waals surface area contributed by atoms with Crippen LogP contribution >= 0.6 is 0 Å². The van der Waals surface area contributed by atoms with Crippen molar-refractivity contribution < 1.29 is 19.1 Å². The Morgan fingerprint density at radius 1 is 1.25 bits per heavy atom. The van der Waals surface area contributed by atoms with E-state index in [9.17, 15) is 14.4 Å². The van der Waals surface area contributed by atoms with Crippen LogP contribution in [0.2, 0.25) is 0 Å². The van der Waals surface area contributed by atoms with Crippen LogP contribution in [-0.4, -0.2) is 25.0 Å². The first-order valence-electron chi connectivity index (χ1n) is 8.78. The topological polar surface area (TPSA) is 60.4 Å². The van der Waals surface area contributed by atoms with Crippen molar-refractivity contribution in [2.45, 2.75) is 58.8 Å². The molecule has 0 aromatic heterocycles. The lowest BCUT2D eigenvalue weighted by atomic mass is 9.77. The van der Waals surface area contributed by atoms with Crippen LogP contribution < -0.4 is 0 Å². The zero-order valence-electron chi connectivity index (χ0n) is 14.8. The summed E-state index contributed by atoms with van der Waals surface area (Å²) in [7, 11) is 1.43. The fourth-order valence-corrected chi connectivity index (χ4v) is 3.57. The minimum atomic E-state index is -0.330. The first kappa shape index (κ1) is 18.4. The molecule has 0 unspecified atom stereocenters. The molecule has 4 nitrogen and oxygen atoms in total. The van der Waals surface area contributed by atoms with Gasteiger partial charge in [-0.25, -0.2) is 0 Å². The van der Waals surface area contributed by atoms with Crippen molar-refractivity contribution in [3.05, 3.63) is 34.1 Å². The highest BCUT2D eigenvalue weighted by atomic mass is 16.5. The van der Waals surface area contributed by atoms with Crippen LogP contribution in [0.1, 0.15) is 58.8 Å². The summed E-state index contributed by atoms with van der Waals surface area (Å²) in [6.07, 6.45) is 8.57. The molecule has 0 spiro atoms. The largest absolute Gasteiger partial charge is 0.492 e. The highest BCUT2D eigenvalue weighted by molar-refractivity contribution is 6.31. The summed E-state index contributed by atoms with van der Waals surface area (Å²) in [6.45, 7) is 4.10. The molecule has 2 rings (SSSR count). The Labute approximate surface area is 143 Å². The lowest BCUT2D eigenvalue weighted by Crippen LogP contribution is -2.29. The van der Waals surface area contributed by atoms with Crippen molar-refractivity contribution in [3.8, 4) is 0 Å². The Balaban J connectivity index is 2.43. The van der Waals surface area contributed by atoms with Crippen molar-refractivity contribution >= 4 is 17.9 Å². The number of ether oxygens (including phenoxy) is 1. The monoisotopic (exact) mass is 330 g/mol. The number of methoxy groups -OCH3 is 1. The molecule has 24 heavy (non-hydrogen) atoms. The molecular formula is C20H26O4. The molecule has 0 radical (unpaired) electrons. The summed E-state index contributed by atoms with van der Waals surface area (Å²) in [5.41, 5.74) is 1.92. The first-order chi connectivity index (χ1) is 11.5. The fourth-order valence-electron chi connectivity index (χ4n) is 3.57. The third kappa shape index (κ3) is 3.58. The summed E-state index contributed by atoms with van der Waals surface area (Å²) in [5.74, 6) is -0.629. The van der Waals surface area contributed by atoms with E-state index in [0.717, 1.165) is 38.5 Å². The lowest BCUT2D eigenvalue weighted by molar-refractivity contribution is -0.120. The quantitative estimate of drug-likeness (QED) is 0.234. The number of rotatable bonds is 7. The highest BCUT2D eigenvalue weighted by Crippen LogP contribution is 2.36. The van der Waals surface area contributed by atoms with E-state index in [4.69, 9.17) is 4.74 Å². The van der Waals surface area contributed by atoms with Crippen LogP contribution in [-0.2, 0) is 19.1 Å². The molecule has 4 heteroatoms. The van der Waals surface area contributed by atoms with Crippen LogP contribution in [0.25, 0.3) is 0 Å². The Hall–Kier alpha value is -1.97. The van der Waals surface area contributed by atoms with Gasteiger partial charge in [0.1, 0.15) is 0 Å². The van der Waals surface area contributed by atoms with E-state index < -0.39 is 0 Å². The minimum Gasteiger partial charge on any atom is -0.492 e. The molecule has 0 aromatic rings. The van der Waals surface area contributed by atoms with Gasteiger partial charge in [0.25, 0.3) is 0 Å². The Bertz CT molecular complexity index is 634. The van der Waals surface area contributed by atoms with Gasteiger partial charge < -0.3 is 4.74 Å². The zero-order chi connectivity index (χ0) is 17.7. The standard InChI is InChI=1S/C20H26O4/c1-4-5-6-10-15-16(12-21)18(22)17(20(24-3)19(15)23)14-9-7-8-13(2)11-14/h11-12,14H,4-10H2,1-3H3/t14-/m0/s1. The molecule has 1 atom stereocenters. The van der Waals surface area contributed by atoms with Gasteiger partial charge in [0, 0.05) is 11.5 Å². The normalized spacial score (nSPS) is 22.0. The molecule has 0 aliphatic heterocycles. The number of hydrogen-bond donors (Lipinski definition) is 0.